The van der Waals surface area contributed by atoms with Gasteiger partial charge in [-0.3, -0.25) is 4.79 Å². The Bertz CT molecular complexity index is 1810. The van der Waals surface area contributed by atoms with Crippen molar-refractivity contribution >= 4 is 56.0 Å². The molecular formula is C36H27BrN2OS2. The van der Waals surface area contributed by atoms with Crippen LogP contribution < -0.4 is 5.01 Å². The first-order valence-corrected chi connectivity index (χ1v) is 16.2. The molecule has 2 heterocycles. The molecule has 1 atom stereocenters. The lowest BCUT2D eigenvalue weighted by molar-refractivity contribution is 0.106. The van der Waals surface area contributed by atoms with Crippen LogP contribution in [0, 0.1) is 13.8 Å². The van der Waals surface area contributed by atoms with Gasteiger partial charge in [-0.05, 0) is 65.9 Å². The van der Waals surface area contributed by atoms with E-state index in [1.807, 2.05) is 54.2 Å². The Balaban J connectivity index is 1.51. The molecule has 0 saturated heterocycles. The van der Waals surface area contributed by atoms with Crippen molar-refractivity contribution in [3.8, 4) is 0 Å². The Morgan fingerprint density at radius 2 is 1.19 bits per heavy atom. The molecule has 0 bridgehead atoms. The van der Waals surface area contributed by atoms with Crippen LogP contribution in [-0.2, 0) is 8.95 Å². The molecule has 206 valence electrons. The van der Waals surface area contributed by atoms with E-state index in [1.165, 1.54) is 27.8 Å². The van der Waals surface area contributed by atoms with Crippen molar-refractivity contribution in [1.29, 1.82) is 0 Å². The highest BCUT2D eigenvalue weighted by molar-refractivity contribution is 9.10. The Labute approximate surface area is 263 Å². The molecule has 0 radical (unpaired) electrons. The maximum atomic E-state index is 13.9. The molecule has 1 spiro atoms. The average Bonchev–Trinajstić information content (AvgIpc) is 3.55. The van der Waals surface area contributed by atoms with Crippen LogP contribution in [0.3, 0.4) is 0 Å². The van der Waals surface area contributed by atoms with Crippen LogP contribution in [0.4, 0.5) is 5.69 Å². The summed E-state index contributed by atoms with van der Waals surface area (Å²) in [5, 5.41) is 7.68. The fourth-order valence-electron chi connectivity index (χ4n) is 6.06. The summed E-state index contributed by atoms with van der Waals surface area (Å²) >= 11 is 7.02. The van der Waals surface area contributed by atoms with Gasteiger partial charge in [-0.1, -0.05) is 143 Å². The van der Waals surface area contributed by atoms with E-state index < -0.39 is 8.95 Å². The summed E-state index contributed by atoms with van der Waals surface area (Å²) < 4.78 is -0.269. The normalized spacial score (nSPS) is 18.6. The predicted molar refractivity (Wildman–Crippen MR) is 180 cm³/mol. The van der Waals surface area contributed by atoms with Gasteiger partial charge in [0.1, 0.15) is 0 Å². The summed E-state index contributed by atoms with van der Waals surface area (Å²) in [5.74, 6) is -0.0676. The summed E-state index contributed by atoms with van der Waals surface area (Å²) in [4.78, 5) is 13.9. The first-order chi connectivity index (χ1) is 20.4. The second-order valence-electron chi connectivity index (χ2n) is 10.5. The van der Waals surface area contributed by atoms with Gasteiger partial charge in [-0.25, -0.2) is 5.01 Å². The highest BCUT2D eigenvalue weighted by Crippen LogP contribution is 2.71. The number of carbonyl (C=O) groups is 1. The monoisotopic (exact) mass is 646 g/mol. The molecule has 2 aliphatic heterocycles. The van der Waals surface area contributed by atoms with Crippen molar-refractivity contribution in [1.82, 2.24) is 0 Å². The lowest BCUT2D eigenvalue weighted by atomic mass is 9.79. The quantitative estimate of drug-likeness (QED) is 0.178. The number of anilines is 1. The molecule has 2 aliphatic rings. The topological polar surface area (TPSA) is 32.7 Å². The van der Waals surface area contributed by atoms with Gasteiger partial charge < -0.3 is 0 Å². The number of aryl methyl sites for hydroxylation is 2. The molecule has 0 saturated carbocycles. The third-order valence-electron chi connectivity index (χ3n) is 7.99. The fraction of sp³-hybridized carbons (Fsp3) is 0.111. The summed E-state index contributed by atoms with van der Waals surface area (Å²) in [6, 6.07) is 43.7. The molecule has 7 rings (SSSR count). The highest BCUT2D eigenvalue weighted by Gasteiger charge is 2.62. The van der Waals surface area contributed by atoms with E-state index in [2.05, 4.69) is 120 Å². The number of carbonyl (C=O) groups excluding carboxylic acids is 1. The first kappa shape index (κ1) is 27.3. The third kappa shape index (κ3) is 4.19. The van der Waals surface area contributed by atoms with Gasteiger partial charge in [-0.15, -0.1) is 0 Å². The van der Waals surface area contributed by atoms with Crippen LogP contribution in [0.2, 0.25) is 0 Å². The smallest absolute Gasteiger partial charge is 0.219 e. The van der Waals surface area contributed by atoms with Crippen molar-refractivity contribution in [2.75, 3.05) is 5.01 Å². The zero-order chi connectivity index (χ0) is 28.9. The summed E-state index contributed by atoms with van der Waals surface area (Å²) in [7, 11) is 0. The van der Waals surface area contributed by atoms with E-state index in [0.717, 1.165) is 15.7 Å². The van der Waals surface area contributed by atoms with Crippen LogP contribution in [-0.4, -0.2) is 10.8 Å². The van der Waals surface area contributed by atoms with E-state index in [4.69, 9.17) is 5.10 Å². The minimum absolute atomic E-state index is 0.0676. The Morgan fingerprint density at radius 3 is 1.79 bits per heavy atom. The molecule has 0 fully saturated rings. The van der Waals surface area contributed by atoms with Gasteiger partial charge in [0.05, 0.1) is 10.4 Å². The van der Waals surface area contributed by atoms with Crippen LogP contribution in [0.15, 0.2) is 137 Å². The van der Waals surface area contributed by atoms with Gasteiger partial charge in [0.15, 0.2) is 9.25 Å². The van der Waals surface area contributed by atoms with Crippen LogP contribution in [0.25, 0.3) is 0 Å². The zero-order valence-electron chi connectivity index (χ0n) is 23.1. The van der Waals surface area contributed by atoms with Gasteiger partial charge in [-0.2, -0.15) is 5.10 Å². The maximum absolute atomic E-state index is 13.9. The Morgan fingerprint density at radius 1 is 0.667 bits per heavy atom. The Hall–Kier alpha value is -3.58. The average molecular weight is 648 g/mol. The number of fused-ring (bicyclic) bond motifs is 2. The lowest BCUT2D eigenvalue weighted by Gasteiger charge is -2.38. The molecule has 0 amide bonds. The molecule has 6 heteroatoms. The number of nitrogens with zero attached hydrogens (tertiary/aromatic N) is 2. The van der Waals surface area contributed by atoms with Crippen molar-refractivity contribution < 1.29 is 4.79 Å². The van der Waals surface area contributed by atoms with E-state index in [1.54, 1.807) is 11.8 Å². The van der Waals surface area contributed by atoms with Crippen molar-refractivity contribution in [2.24, 2.45) is 5.10 Å². The number of hydrogen-bond donors (Lipinski definition) is 0. The van der Waals surface area contributed by atoms with E-state index in [-0.39, 0.29) is 5.78 Å². The molecule has 0 N–H and O–H groups in total. The van der Waals surface area contributed by atoms with Gasteiger partial charge in [0.25, 0.3) is 0 Å². The van der Waals surface area contributed by atoms with Gasteiger partial charge in [0.2, 0.25) is 5.78 Å². The number of Topliss-reactive ketones (excluding diaryl/α,β-unsaturated/α-hetero) is 1. The molecule has 0 unspecified atom stereocenters. The minimum atomic E-state index is -0.727. The molecule has 0 aliphatic carbocycles. The second kappa shape index (κ2) is 10.6. The predicted octanol–water partition coefficient (Wildman–Crippen LogP) is 9.66. The molecule has 5 aromatic carbocycles. The number of benzene rings is 5. The van der Waals surface area contributed by atoms with Gasteiger partial charge in [0, 0.05) is 15.6 Å². The largest absolute Gasteiger partial charge is 0.286 e. The van der Waals surface area contributed by atoms with Gasteiger partial charge >= 0.3 is 0 Å². The highest BCUT2D eigenvalue weighted by atomic mass is 79.9. The third-order valence-corrected chi connectivity index (χ3v) is 11.8. The van der Waals surface area contributed by atoms with Crippen molar-refractivity contribution in [3.63, 3.8) is 0 Å². The van der Waals surface area contributed by atoms with Crippen molar-refractivity contribution in [2.45, 2.75) is 22.8 Å². The SMILES string of the molecule is Cc1ccccc1C1(c2ccccc2C)S[C@@]2(SC(C(=O)c3ccccc3)=NN2c2ccc(Br)cc2)c2ccccc21. The minimum Gasteiger partial charge on any atom is -0.286 e. The fourth-order valence-corrected chi connectivity index (χ4v) is 10.1. The summed E-state index contributed by atoms with van der Waals surface area (Å²) in [6.45, 7) is 4.39. The molecule has 5 aromatic rings. The van der Waals surface area contributed by atoms with Crippen LogP contribution in [0.1, 0.15) is 43.7 Å². The number of thioether (sulfide) groups is 2. The lowest BCUT2D eigenvalue weighted by Crippen LogP contribution is -2.34. The maximum Gasteiger partial charge on any atom is 0.219 e. The number of halogens is 1. The second-order valence-corrected chi connectivity index (χ2v) is 14.3. The van der Waals surface area contributed by atoms with E-state index >= 15 is 0 Å². The standard InChI is InChI=1S/C36H27BrN2OS2/c1-24-12-6-8-16-29(24)35(30-17-9-7-13-25(30)2)31-18-10-11-19-32(31)36(42-35)39(28-22-20-27(37)21-23-28)38-34(41-36)33(40)26-14-4-3-5-15-26/h3-23H,1-2H3/t36-/m0/s1. The summed E-state index contributed by atoms with van der Waals surface area (Å²) in [5.41, 5.74) is 8.86. The molecule has 0 aromatic heterocycles. The summed E-state index contributed by atoms with van der Waals surface area (Å²) in [6.07, 6.45) is 0. The molecule has 42 heavy (non-hydrogen) atoms. The number of hydrazone groups is 1. The molecule has 3 nitrogen and oxygen atoms in total. The number of ketones is 1. The van der Waals surface area contributed by atoms with Crippen LogP contribution >= 0.6 is 39.5 Å². The molecular weight excluding hydrogens is 620 g/mol. The number of hydrogen-bond acceptors (Lipinski definition) is 5. The number of rotatable bonds is 5. The first-order valence-electron chi connectivity index (χ1n) is 13.8. The van der Waals surface area contributed by atoms with E-state index in [9.17, 15) is 4.79 Å². The van der Waals surface area contributed by atoms with E-state index in [0.29, 0.717) is 10.6 Å². The zero-order valence-corrected chi connectivity index (χ0v) is 26.3. The Kier molecular flexibility index (Phi) is 6.88. The van der Waals surface area contributed by atoms with Crippen LogP contribution in [0.5, 0.6) is 0 Å². The van der Waals surface area contributed by atoms with Crippen molar-refractivity contribution in [3.05, 3.63) is 171 Å².